The van der Waals surface area contributed by atoms with Gasteiger partial charge in [0.15, 0.2) is 0 Å². The Morgan fingerprint density at radius 1 is 1.04 bits per heavy atom. The van der Waals surface area contributed by atoms with Gasteiger partial charge in [-0.1, -0.05) is 45.0 Å². The number of ether oxygens (including phenoxy) is 1. The van der Waals surface area contributed by atoms with Crippen molar-refractivity contribution in [3.05, 3.63) is 65.2 Å². The Hall–Kier alpha value is -2.82. The number of methoxy groups -OCH3 is 1. The Kier molecular flexibility index (Phi) is 6.03. The van der Waals surface area contributed by atoms with Crippen LogP contribution < -0.4 is 10.1 Å². The van der Waals surface area contributed by atoms with E-state index in [-0.39, 0.29) is 17.7 Å². The molecule has 138 valence electrons. The van der Waals surface area contributed by atoms with Gasteiger partial charge in [-0.15, -0.1) is 0 Å². The zero-order chi connectivity index (χ0) is 19.3. The van der Waals surface area contributed by atoms with Crippen molar-refractivity contribution in [3.63, 3.8) is 0 Å². The van der Waals surface area contributed by atoms with Crippen LogP contribution in [0, 0.1) is 0 Å². The van der Waals surface area contributed by atoms with E-state index in [0.29, 0.717) is 11.3 Å². The normalized spacial score (nSPS) is 12.3. The topological polar surface area (TPSA) is 75.6 Å². The van der Waals surface area contributed by atoms with Crippen molar-refractivity contribution in [1.82, 2.24) is 5.32 Å². The maximum atomic E-state index is 12.5. The van der Waals surface area contributed by atoms with Crippen molar-refractivity contribution in [1.29, 1.82) is 0 Å². The van der Waals surface area contributed by atoms with E-state index in [2.05, 4.69) is 26.1 Å². The second-order valence-electron chi connectivity index (χ2n) is 7.22. The van der Waals surface area contributed by atoms with Crippen molar-refractivity contribution in [2.45, 2.75) is 38.6 Å². The van der Waals surface area contributed by atoms with Crippen molar-refractivity contribution in [3.8, 4) is 5.75 Å². The van der Waals surface area contributed by atoms with E-state index in [4.69, 9.17) is 4.74 Å². The molecular formula is C21H25NO4. The maximum Gasteiger partial charge on any atom is 0.305 e. The lowest BCUT2D eigenvalue weighted by Gasteiger charge is -2.22. The molecule has 1 atom stereocenters. The van der Waals surface area contributed by atoms with Gasteiger partial charge >= 0.3 is 5.97 Å². The van der Waals surface area contributed by atoms with E-state index in [9.17, 15) is 14.7 Å². The molecule has 0 aliphatic carbocycles. The zero-order valence-corrected chi connectivity index (χ0v) is 15.6. The fraction of sp³-hybridized carbons (Fsp3) is 0.333. The van der Waals surface area contributed by atoms with Crippen LogP contribution in [0.3, 0.4) is 0 Å². The lowest BCUT2D eigenvalue weighted by molar-refractivity contribution is -0.137. The van der Waals surface area contributed by atoms with Gasteiger partial charge in [-0.3, -0.25) is 9.59 Å². The molecule has 0 heterocycles. The molecule has 2 aromatic rings. The first-order valence-corrected chi connectivity index (χ1v) is 8.48. The molecule has 0 aliphatic heterocycles. The maximum absolute atomic E-state index is 12.5. The average molecular weight is 355 g/mol. The van der Waals surface area contributed by atoms with Crippen molar-refractivity contribution >= 4 is 11.9 Å². The Balaban J connectivity index is 2.21. The zero-order valence-electron chi connectivity index (χ0n) is 15.6. The number of amides is 1. The first kappa shape index (κ1) is 19.5. The van der Waals surface area contributed by atoms with Gasteiger partial charge in [-0.05, 0) is 40.8 Å². The number of carbonyl (C=O) groups is 2. The molecule has 2 aromatic carbocycles. The molecule has 0 aliphatic rings. The highest BCUT2D eigenvalue weighted by molar-refractivity contribution is 5.94. The SMILES string of the molecule is COc1ccc(C(=O)N[C@H](CC(=O)O)c2ccc(C(C)(C)C)cc2)cc1. The van der Waals surface area contributed by atoms with E-state index in [1.54, 1.807) is 31.4 Å². The summed E-state index contributed by atoms with van der Waals surface area (Å²) in [5, 5.41) is 12.0. The molecule has 0 saturated heterocycles. The summed E-state index contributed by atoms with van der Waals surface area (Å²) >= 11 is 0. The molecule has 0 fully saturated rings. The Bertz CT molecular complexity index is 758. The minimum atomic E-state index is -0.968. The fourth-order valence-electron chi connectivity index (χ4n) is 2.63. The molecule has 5 nitrogen and oxygen atoms in total. The highest BCUT2D eigenvalue weighted by atomic mass is 16.5. The number of carbonyl (C=O) groups excluding carboxylic acids is 1. The number of hydrogen-bond acceptors (Lipinski definition) is 3. The summed E-state index contributed by atoms with van der Waals surface area (Å²) < 4.78 is 5.08. The summed E-state index contributed by atoms with van der Waals surface area (Å²) in [5.41, 5.74) is 2.37. The molecule has 0 spiro atoms. The molecule has 0 unspecified atom stereocenters. The first-order chi connectivity index (χ1) is 12.2. The number of benzene rings is 2. The van der Waals surface area contributed by atoms with Crippen LogP contribution in [-0.2, 0) is 10.2 Å². The Morgan fingerprint density at radius 2 is 1.62 bits per heavy atom. The highest BCUT2D eigenvalue weighted by Crippen LogP contribution is 2.25. The second-order valence-corrected chi connectivity index (χ2v) is 7.22. The third kappa shape index (κ3) is 5.09. The van der Waals surface area contributed by atoms with Crippen LogP contribution in [0.2, 0.25) is 0 Å². The molecule has 5 heteroatoms. The second kappa shape index (κ2) is 8.04. The Morgan fingerprint density at radius 3 is 2.08 bits per heavy atom. The van der Waals surface area contributed by atoms with Gasteiger partial charge in [0.25, 0.3) is 5.91 Å². The minimum Gasteiger partial charge on any atom is -0.497 e. The number of carboxylic acid groups (broad SMARTS) is 1. The lowest BCUT2D eigenvalue weighted by Crippen LogP contribution is -2.30. The predicted molar refractivity (Wildman–Crippen MR) is 101 cm³/mol. The third-order valence-electron chi connectivity index (χ3n) is 4.22. The number of aliphatic carboxylic acids is 1. The van der Waals surface area contributed by atoms with Crippen LogP contribution >= 0.6 is 0 Å². The monoisotopic (exact) mass is 355 g/mol. The largest absolute Gasteiger partial charge is 0.497 e. The predicted octanol–water partition coefficient (Wildman–Crippen LogP) is 3.94. The van der Waals surface area contributed by atoms with Crippen LogP contribution in [-0.4, -0.2) is 24.1 Å². The summed E-state index contributed by atoms with van der Waals surface area (Å²) in [5.74, 6) is -0.634. The van der Waals surface area contributed by atoms with E-state index in [1.807, 2.05) is 24.3 Å². The number of carboxylic acids is 1. The van der Waals surface area contributed by atoms with Crippen molar-refractivity contribution < 1.29 is 19.4 Å². The lowest BCUT2D eigenvalue weighted by atomic mass is 9.86. The molecule has 26 heavy (non-hydrogen) atoms. The molecular weight excluding hydrogens is 330 g/mol. The quantitative estimate of drug-likeness (QED) is 0.823. The molecule has 2 N–H and O–H groups in total. The van der Waals surface area contributed by atoms with E-state index in [0.717, 1.165) is 11.1 Å². The van der Waals surface area contributed by atoms with Gasteiger partial charge in [-0.25, -0.2) is 0 Å². The molecule has 0 radical (unpaired) electrons. The van der Waals surface area contributed by atoms with Crippen LogP contribution in [0.15, 0.2) is 48.5 Å². The van der Waals surface area contributed by atoms with Gasteiger partial charge < -0.3 is 15.2 Å². The van der Waals surface area contributed by atoms with Crippen LogP contribution in [0.4, 0.5) is 0 Å². The van der Waals surface area contributed by atoms with Gasteiger partial charge in [0.2, 0.25) is 0 Å². The highest BCUT2D eigenvalue weighted by Gasteiger charge is 2.20. The fourth-order valence-corrected chi connectivity index (χ4v) is 2.63. The van der Waals surface area contributed by atoms with Crippen LogP contribution in [0.25, 0.3) is 0 Å². The van der Waals surface area contributed by atoms with E-state index in [1.165, 1.54) is 0 Å². The first-order valence-electron chi connectivity index (χ1n) is 8.48. The summed E-state index contributed by atoms with van der Waals surface area (Å²) in [6.07, 6.45) is -0.184. The molecule has 1 amide bonds. The van der Waals surface area contributed by atoms with Gasteiger partial charge in [0, 0.05) is 5.56 Å². The summed E-state index contributed by atoms with van der Waals surface area (Å²) in [4.78, 5) is 23.7. The molecule has 0 saturated carbocycles. The minimum absolute atomic E-state index is 0.00711. The summed E-state index contributed by atoms with van der Waals surface area (Å²) in [6.45, 7) is 6.34. The summed E-state index contributed by atoms with van der Waals surface area (Å²) in [6, 6.07) is 13.8. The van der Waals surface area contributed by atoms with Gasteiger partial charge in [-0.2, -0.15) is 0 Å². The standard InChI is InChI=1S/C21H25NO4/c1-21(2,3)16-9-5-14(6-10-16)18(13-19(23)24)22-20(25)15-7-11-17(26-4)12-8-15/h5-12,18H,13H2,1-4H3,(H,22,25)(H,23,24)/t18-/m1/s1. The van der Waals surface area contributed by atoms with E-state index < -0.39 is 12.0 Å². The van der Waals surface area contributed by atoms with Gasteiger partial charge in [0.1, 0.15) is 5.75 Å². The average Bonchev–Trinajstić information content (AvgIpc) is 2.60. The molecule has 0 aromatic heterocycles. The number of nitrogens with one attached hydrogen (secondary N) is 1. The molecule has 2 rings (SSSR count). The number of rotatable bonds is 6. The van der Waals surface area contributed by atoms with Gasteiger partial charge in [0.05, 0.1) is 19.6 Å². The third-order valence-corrected chi connectivity index (χ3v) is 4.22. The number of hydrogen-bond donors (Lipinski definition) is 2. The summed E-state index contributed by atoms with van der Waals surface area (Å²) in [7, 11) is 1.55. The van der Waals surface area contributed by atoms with Crippen molar-refractivity contribution in [2.75, 3.05) is 7.11 Å². The van der Waals surface area contributed by atoms with Crippen LogP contribution in [0.5, 0.6) is 5.75 Å². The van der Waals surface area contributed by atoms with Crippen LogP contribution in [0.1, 0.15) is 54.7 Å². The smallest absolute Gasteiger partial charge is 0.305 e. The Labute approximate surface area is 154 Å². The van der Waals surface area contributed by atoms with Crippen molar-refractivity contribution in [2.24, 2.45) is 0 Å². The van der Waals surface area contributed by atoms with E-state index >= 15 is 0 Å². The molecule has 0 bridgehead atoms.